The van der Waals surface area contributed by atoms with Crippen molar-refractivity contribution in [3.8, 4) is 0 Å². The fraction of sp³-hybridized carbons (Fsp3) is 0.500. The van der Waals surface area contributed by atoms with Gasteiger partial charge in [0.05, 0.1) is 12.1 Å². The van der Waals surface area contributed by atoms with Gasteiger partial charge in [-0.25, -0.2) is 9.78 Å². The third-order valence-electron chi connectivity index (χ3n) is 2.99. The first-order valence-corrected chi connectivity index (χ1v) is 7.10. The molecule has 1 N–H and O–H groups in total. The maximum atomic E-state index is 12.0. The SMILES string of the molecule is CCOC(=O)c1ncsc1NC1CCC(=O)N(C)C1=O. The van der Waals surface area contributed by atoms with E-state index in [2.05, 4.69) is 10.3 Å². The molecule has 1 atom stereocenters. The lowest BCUT2D eigenvalue weighted by molar-refractivity contribution is -0.146. The highest BCUT2D eigenvalue weighted by Crippen LogP contribution is 2.24. The number of anilines is 1. The molecule has 0 bridgehead atoms. The van der Waals surface area contributed by atoms with Crippen LogP contribution < -0.4 is 5.32 Å². The summed E-state index contributed by atoms with van der Waals surface area (Å²) in [6.45, 7) is 1.97. The number of carbonyl (C=O) groups excluding carboxylic acids is 3. The van der Waals surface area contributed by atoms with Crippen molar-refractivity contribution in [2.24, 2.45) is 0 Å². The van der Waals surface area contributed by atoms with Gasteiger partial charge in [0.2, 0.25) is 5.91 Å². The van der Waals surface area contributed by atoms with Crippen molar-refractivity contribution < 1.29 is 19.1 Å². The zero-order valence-corrected chi connectivity index (χ0v) is 12.0. The van der Waals surface area contributed by atoms with Crippen molar-refractivity contribution in [1.29, 1.82) is 0 Å². The molecule has 1 aromatic rings. The van der Waals surface area contributed by atoms with E-state index in [1.165, 1.54) is 23.9 Å². The lowest BCUT2D eigenvalue weighted by Crippen LogP contribution is -2.48. The normalized spacial score (nSPS) is 19.1. The summed E-state index contributed by atoms with van der Waals surface area (Å²) < 4.78 is 4.90. The predicted molar refractivity (Wildman–Crippen MR) is 72.5 cm³/mol. The van der Waals surface area contributed by atoms with Crippen LogP contribution >= 0.6 is 11.3 Å². The number of ether oxygens (including phenoxy) is 1. The molecule has 1 fully saturated rings. The number of carbonyl (C=O) groups is 3. The molecule has 7 nitrogen and oxygen atoms in total. The second-order valence-corrected chi connectivity index (χ2v) is 5.13. The fourth-order valence-corrected chi connectivity index (χ4v) is 2.62. The minimum Gasteiger partial charge on any atom is -0.461 e. The second kappa shape index (κ2) is 6.00. The molecule has 0 aromatic carbocycles. The molecule has 20 heavy (non-hydrogen) atoms. The summed E-state index contributed by atoms with van der Waals surface area (Å²) in [6.07, 6.45) is 0.704. The number of hydrogen-bond donors (Lipinski definition) is 1. The van der Waals surface area contributed by atoms with Crippen molar-refractivity contribution in [3.63, 3.8) is 0 Å². The van der Waals surface area contributed by atoms with E-state index in [9.17, 15) is 14.4 Å². The molecule has 1 aliphatic rings. The molecule has 1 unspecified atom stereocenters. The average molecular weight is 297 g/mol. The van der Waals surface area contributed by atoms with Crippen molar-refractivity contribution in [3.05, 3.63) is 11.2 Å². The molecule has 0 aliphatic carbocycles. The first-order chi connectivity index (χ1) is 9.54. The van der Waals surface area contributed by atoms with Gasteiger partial charge >= 0.3 is 5.97 Å². The van der Waals surface area contributed by atoms with E-state index in [1.807, 2.05) is 0 Å². The van der Waals surface area contributed by atoms with Gasteiger partial charge in [-0.05, 0) is 13.3 Å². The number of piperidine rings is 1. The summed E-state index contributed by atoms with van der Waals surface area (Å²) in [5.41, 5.74) is 1.68. The van der Waals surface area contributed by atoms with Gasteiger partial charge in [0.25, 0.3) is 5.91 Å². The van der Waals surface area contributed by atoms with Crippen LogP contribution in [0.4, 0.5) is 5.00 Å². The number of amides is 2. The fourth-order valence-electron chi connectivity index (χ4n) is 1.90. The number of thiazole rings is 1. The Bertz CT molecular complexity index is 543. The van der Waals surface area contributed by atoms with Crippen LogP contribution in [0.3, 0.4) is 0 Å². The number of nitrogens with one attached hydrogen (secondary N) is 1. The van der Waals surface area contributed by atoms with Gasteiger partial charge in [0.1, 0.15) is 11.0 Å². The number of aromatic nitrogens is 1. The van der Waals surface area contributed by atoms with Crippen LogP contribution in [0.5, 0.6) is 0 Å². The van der Waals surface area contributed by atoms with Crippen LogP contribution in [-0.4, -0.2) is 47.4 Å². The lowest BCUT2D eigenvalue weighted by Gasteiger charge is -2.28. The monoisotopic (exact) mass is 297 g/mol. The zero-order valence-electron chi connectivity index (χ0n) is 11.2. The number of nitrogens with zero attached hydrogens (tertiary/aromatic N) is 2. The topological polar surface area (TPSA) is 88.6 Å². The van der Waals surface area contributed by atoms with Gasteiger partial charge in [-0.2, -0.15) is 0 Å². The Kier molecular flexibility index (Phi) is 4.33. The van der Waals surface area contributed by atoms with E-state index in [0.717, 1.165) is 4.90 Å². The predicted octanol–water partition coefficient (Wildman–Crippen LogP) is 0.879. The van der Waals surface area contributed by atoms with Gasteiger partial charge < -0.3 is 10.1 Å². The minimum atomic E-state index is -0.524. The highest BCUT2D eigenvalue weighted by molar-refractivity contribution is 7.14. The second-order valence-electron chi connectivity index (χ2n) is 4.28. The maximum Gasteiger partial charge on any atom is 0.360 e. The van der Waals surface area contributed by atoms with E-state index in [-0.39, 0.29) is 24.1 Å². The Labute approximate surface area is 119 Å². The molecule has 0 radical (unpaired) electrons. The summed E-state index contributed by atoms with van der Waals surface area (Å²) >= 11 is 1.22. The standard InChI is InChI=1S/C12H15N3O4S/c1-3-19-12(18)9-10(20-6-13-9)14-7-4-5-8(16)15(2)11(7)17/h6-7,14H,3-5H2,1-2H3. The average Bonchev–Trinajstić information content (AvgIpc) is 2.88. The van der Waals surface area contributed by atoms with Gasteiger partial charge in [0, 0.05) is 13.5 Å². The number of imide groups is 1. The Morgan fingerprint density at radius 1 is 1.60 bits per heavy atom. The molecule has 0 saturated carbocycles. The maximum absolute atomic E-state index is 12.0. The highest BCUT2D eigenvalue weighted by atomic mass is 32.1. The first kappa shape index (κ1) is 14.4. The van der Waals surface area contributed by atoms with Crippen molar-refractivity contribution in [2.75, 3.05) is 19.0 Å². The van der Waals surface area contributed by atoms with Crippen LogP contribution in [0.2, 0.25) is 0 Å². The molecule has 8 heteroatoms. The van der Waals surface area contributed by atoms with Crippen molar-refractivity contribution in [2.45, 2.75) is 25.8 Å². The smallest absolute Gasteiger partial charge is 0.360 e. The third-order valence-corrected chi connectivity index (χ3v) is 3.75. The quantitative estimate of drug-likeness (QED) is 0.655. The molecule has 108 valence electrons. The Morgan fingerprint density at radius 3 is 3.05 bits per heavy atom. The first-order valence-electron chi connectivity index (χ1n) is 6.22. The molecular formula is C12H15N3O4S. The molecule has 2 heterocycles. The Hall–Kier alpha value is -1.96. The van der Waals surface area contributed by atoms with Crippen LogP contribution in [-0.2, 0) is 14.3 Å². The number of rotatable bonds is 4. The molecule has 2 amide bonds. The van der Waals surface area contributed by atoms with E-state index in [0.29, 0.717) is 17.8 Å². The molecular weight excluding hydrogens is 282 g/mol. The Balaban J connectivity index is 2.11. The van der Waals surface area contributed by atoms with E-state index < -0.39 is 12.0 Å². The van der Waals surface area contributed by atoms with E-state index >= 15 is 0 Å². The number of likely N-dealkylation sites (tertiary alicyclic amines) is 1. The Morgan fingerprint density at radius 2 is 2.35 bits per heavy atom. The van der Waals surface area contributed by atoms with Crippen LogP contribution in [0, 0.1) is 0 Å². The largest absolute Gasteiger partial charge is 0.461 e. The summed E-state index contributed by atoms with van der Waals surface area (Å²) in [4.78, 5) is 40.1. The molecule has 1 aliphatic heterocycles. The van der Waals surface area contributed by atoms with E-state index in [1.54, 1.807) is 6.92 Å². The van der Waals surface area contributed by atoms with Crippen LogP contribution in [0.25, 0.3) is 0 Å². The molecule has 0 spiro atoms. The summed E-state index contributed by atoms with van der Waals surface area (Å²) in [5.74, 6) is -1.02. The summed E-state index contributed by atoms with van der Waals surface area (Å²) in [7, 11) is 1.46. The van der Waals surface area contributed by atoms with Crippen LogP contribution in [0.1, 0.15) is 30.3 Å². The van der Waals surface area contributed by atoms with Gasteiger partial charge in [-0.3, -0.25) is 14.5 Å². The van der Waals surface area contributed by atoms with Gasteiger partial charge in [-0.15, -0.1) is 11.3 Å². The molecule has 1 saturated heterocycles. The van der Waals surface area contributed by atoms with Gasteiger partial charge in [-0.1, -0.05) is 0 Å². The summed E-state index contributed by atoms with van der Waals surface area (Å²) in [6, 6.07) is -0.522. The van der Waals surface area contributed by atoms with E-state index in [4.69, 9.17) is 4.74 Å². The lowest BCUT2D eigenvalue weighted by atomic mass is 10.0. The molecule has 2 rings (SSSR count). The number of likely N-dealkylation sites (N-methyl/N-ethyl adjacent to an activating group) is 1. The number of hydrogen-bond acceptors (Lipinski definition) is 7. The van der Waals surface area contributed by atoms with Crippen molar-refractivity contribution >= 4 is 34.1 Å². The number of esters is 1. The van der Waals surface area contributed by atoms with Gasteiger partial charge in [0.15, 0.2) is 5.69 Å². The van der Waals surface area contributed by atoms with Crippen molar-refractivity contribution in [1.82, 2.24) is 9.88 Å². The third kappa shape index (κ3) is 2.79. The minimum absolute atomic E-state index is 0.171. The molecule has 1 aromatic heterocycles. The summed E-state index contributed by atoms with van der Waals surface area (Å²) in [5, 5.41) is 3.47. The highest BCUT2D eigenvalue weighted by Gasteiger charge is 2.32. The van der Waals surface area contributed by atoms with Crippen LogP contribution in [0.15, 0.2) is 5.51 Å². The zero-order chi connectivity index (χ0) is 14.7.